The molecule has 2 rings (SSSR count). The highest BCUT2D eigenvalue weighted by Crippen LogP contribution is 2.22. The summed E-state index contributed by atoms with van der Waals surface area (Å²) in [7, 11) is 0. The van der Waals surface area contributed by atoms with Crippen molar-refractivity contribution in [3.63, 3.8) is 0 Å². The minimum atomic E-state index is -0.587. The Kier molecular flexibility index (Phi) is 7.32. The van der Waals surface area contributed by atoms with Crippen molar-refractivity contribution in [2.24, 2.45) is 0 Å². The van der Waals surface area contributed by atoms with E-state index in [9.17, 15) is 9.59 Å². The van der Waals surface area contributed by atoms with E-state index in [0.29, 0.717) is 11.4 Å². The Morgan fingerprint density at radius 2 is 1.65 bits per heavy atom. The van der Waals surface area contributed by atoms with Crippen LogP contribution in [0.1, 0.15) is 6.92 Å². The number of carbonyl (C=O) groups is 2. The van der Waals surface area contributed by atoms with Crippen LogP contribution >= 0.6 is 12.2 Å². The summed E-state index contributed by atoms with van der Waals surface area (Å²) < 4.78 is 10.4. The van der Waals surface area contributed by atoms with Gasteiger partial charge in [0.05, 0.1) is 6.61 Å². The van der Waals surface area contributed by atoms with Gasteiger partial charge in [-0.2, -0.15) is 0 Å². The summed E-state index contributed by atoms with van der Waals surface area (Å²) in [6, 6.07) is 16.5. The van der Waals surface area contributed by atoms with Gasteiger partial charge in [-0.15, -0.1) is 0 Å². The smallest absolute Gasteiger partial charge is 0.330 e. The first-order valence-electron chi connectivity index (χ1n) is 7.86. The van der Waals surface area contributed by atoms with Gasteiger partial charge in [-0.05, 0) is 55.5 Å². The molecule has 26 heavy (non-hydrogen) atoms. The van der Waals surface area contributed by atoms with Crippen molar-refractivity contribution in [1.82, 2.24) is 5.32 Å². The van der Waals surface area contributed by atoms with E-state index in [2.05, 4.69) is 15.4 Å². The minimum Gasteiger partial charge on any atom is -0.463 e. The van der Waals surface area contributed by atoms with E-state index < -0.39 is 11.9 Å². The van der Waals surface area contributed by atoms with E-state index in [-0.39, 0.29) is 11.7 Å². The summed E-state index contributed by atoms with van der Waals surface area (Å²) in [5.74, 6) is 0.300. The number of hydrogen-bond acceptors (Lipinski definition) is 5. The third-order valence-electron chi connectivity index (χ3n) is 2.99. The lowest BCUT2D eigenvalue weighted by molar-refractivity contribution is -0.137. The highest BCUT2D eigenvalue weighted by atomic mass is 32.1. The summed E-state index contributed by atoms with van der Waals surface area (Å²) in [5.41, 5.74) is 0.685. The zero-order chi connectivity index (χ0) is 18.8. The van der Waals surface area contributed by atoms with E-state index in [1.54, 1.807) is 31.2 Å². The summed E-state index contributed by atoms with van der Waals surface area (Å²) in [6.07, 6.45) is 2.10. The standard InChI is InChI=1S/C19H18N2O4S/c1-2-24-18(23)13-12-17(22)21-19(26)20-14-8-10-16(11-9-14)25-15-6-4-3-5-7-15/h3-13H,2H2,1H3,(H2,20,21,22,26). The lowest BCUT2D eigenvalue weighted by Gasteiger charge is -2.09. The number of hydrogen-bond donors (Lipinski definition) is 2. The average Bonchev–Trinajstić information content (AvgIpc) is 2.63. The third kappa shape index (κ3) is 6.74. The molecular weight excluding hydrogens is 352 g/mol. The van der Waals surface area contributed by atoms with Crippen LogP contribution in [0.15, 0.2) is 66.7 Å². The number of benzene rings is 2. The number of amides is 1. The topological polar surface area (TPSA) is 76.7 Å². The van der Waals surface area contributed by atoms with Crippen LogP contribution in [0.25, 0.3) is 0 Å². The van der Waals surface area contributed by atoms with Gasteiger partial charge in [0.15, 0.2) is 5.11 Å². The second kappa shape index (κ2) is 9.95. The number of esters is 1. The van der Waals surface area contributed by atoms with Crippen LogP contribution in [0.2, 0.25) is 0 Å². The molecule has 0 bridgehead atoms. The summed E-state index contributed by atoms with van der Waals surface area (Å²) in [5, 5.41) is 5.42. The largest absolute Gasteiger partial charge is 0.463 e. The summed E-state index contributed by atoms with van der Waals surface area (Å²) in [4.78, 5) is 22.8. The van der Waals surface area contributed by atoms with Crippen molar-refractivity contribution in [2.75, 3.05) is 11.9 Å². The van der Waals surface area contributed by atoms with E-state index in [4.69, 9.17) is 17.0 Å². The normalized spacial score (nSPS) is 10.2. The summed E-state index contributed by atoms with van der Waals surface area (Å²) >= 11 is 5.06. The van der Waals surface area contributed by atoms with E-state index in [1.807, 2.05) is 30.3 Å². The van der Waals surface area contributed by atoms with Crippen molar-refractivity contribution in [1.29, 1.82) is 0 Å². The first-order chi connectivity index (χ1) is 12.6. The van der Waals surface area contributed by atoms with Gasteiger partial charge in [0.1, 0.15) is 11.5 Å². The maximum Gasteiger partial charge on any atom is 0.330 e. The Labute approximate surface area is 156 Å². The first kappa shape index (κ1) is 19.1. The van der Waals surface area contributed by atoms with E-state index in [1.165, 1.54) is 0 Å². The first-order valence-corrected chi connectivity index (χ1v) is 8.27. The van der Waals surface area contributed by atoms with Gasteiger partial charge in [0, 0.05) is 17.8 Å². The van der Waals surface area contributed by atoms with Crippen LogP contribution in [0.3, 0.4) is 0 Å². The van der Waals surface area contributed by atoms with Crippen LogP contribution in [0.5, 0.6) is 11.5 Å². The van der Waals surface area contributed by atoms with Crippen LogP contribution < -0.4 is 15.4 Å². The lowest BCUT2D eigenvalue weighted by Crippen LogP contribution is -2.32. The number of anilines is 1. The maximum absolute atomic E-state index is 11.7. The van der Waals surface area contributed by atoms with Crippen molar-refractivity contribution in [3.8, 4) is 11.5 Å². The molecule has 0 saturated heterocycles. The average molecular weight is 370 g/mol. The SMILES string of the molecule is CCOC(=O)C=CC(=O)NC(=S)Nc1ccc(Oc2ccccc2)cc1. The van der Waals surface area contributed by atoms with Crippen molar-refractivity contribution >= 4 is 34.9 Å². The Bertz CT molecular complexity index is 789. The molecule has 0 aromatic heterocycles. The molecule has 0 heterocycles. The van der Waals surface area contributed by atoms with Gasteiger partial charge >= 0.3 is 5.97 Å². The second-order valence-corrected chi connectivity index (χ2v) is 5.38. The van der Waals surface area contributed by atoms with Gasteiger partial charge in [-0.1, -0.05) is 18.2 Å². The Morgan fingerprint density at radius 1 is 1.00 bits per heavy atom. The molecule has 134 valence electrons. The van der Waals surface area contributed by atoms with Gasteiger partial charge in [0.25, 0.3) is 0 Å². The highest BCUT2D eigenvalue weighted by molar-refractivity contribution is 7.80. The molecule has 0 aliphatic rings. The molecule has 0 radical (unpaired) electrons. The third-order valence-corrected chi connectivity index (χ3v) is 3.19. The number of rotatable bonds is 6. The molecule has 0 fully saturated rings. The van der Waals surface area contributed by atoms with Gasteiger partial charge in [-0.3, -0.25) is 10.1 Å². The Balaban J connectivity index is 1.83. The fourth-order valence-corrected chi connectivity index (χ4v) is 2.10. The molecule has 0 spiro atoms. The quantitative estimate of drug-likeness (QED) is 0.461. The zero-order valence-corrected chi connectivity index (χ0v) is 14.9. The summed E-state index contributed by atoms with van der Waals surface area (Å²) in [6.45, 7) is 1.93. The van der Waals surface area contributed by atoms with Gasteiger partial charge in [-0.25, -0.2) is 4.79 Å². The molecule has 7 heteroatoms. The molecule has 2 aromatic rings. The van der Waals surface area contributed by atoms with Crippen molar-refractivity contribution < 1.29 is 19.1 Å². The number of carbonyl (C=O) groups excluding carboxylic acids is 2. The molecule has 0 saturated carbocycles. The highest BCUT2D eigenvalue weighted by Gasteiger charge is 2.04. The number of thiocarbonyl (C=S) groups is 1. The fourth-order valence-electron chi connectivity index (χ4n) is 1.88. The van der Waals surface area contributed by atoms with Crippen molar-refractivity contribution in [2.45, 2.75) is 6.92 Å². The Hall–Kier alpha value is -3.19. The minimum absolute atomic E-state index is 0.111. The van der Waals surface area contributed by atoms with E-state index in [0.717, 1.165) is 17.9 Å². The predicted molar refractivity (Wildman–Crippen MR) is 103 cm³/mol. The second-order valence-electron chi connectivity index (χ2n) is 4.97. The Morgan fingerprint density at radius 3 is 2.31 bits per heavy atom. The van der Waals surface area contributed by atoms with Gasteiger partial charge in [0.2, 0.25) is 5.91 Å². The molecule has 0 aliphatic carbocycles. The molecular formula is C19H18N2O4S. The monoisotopic (exact) mass is 370 g/mol. The number of para-hydroxylation sites is 1. The van der Waals surface area contributed by atoms with Crippen LogP contribution in [-0.4, -0.2) is 23.6 Å². The molecule has 0 atom stereocenters. The zero-order valence-electron chi connectivity index (χ0n) is 14.1. The van der Waals surface area contributed by atoms with E-state index >= 15 is 0 Å². The number of nitrogens with one attached hydrogen (secondary N) is 2. The molecule has 6 nitrogen and oxygen atoms in total. The van der Waals surface area contributed by atoms with Crippen LogP contribution in [0, 0.1) is 0 Å². The van der Waals surface area contributed by atoms with Gasteiger partial charge < -0.3 is 14.8 Å². The fraction of sp³-hybridized carbons (Fsp3) is 0.105. The van der Waals surface area contributed by atoms with Crippen LogP contribution in [0.4, 0.5) is 5.69 Å². The molecule has 2 N–H and O–H groups in total. The predicted octanol–water partition coefficient (Wildman–Crippen LogP) is 3.41. The van der Waals surface area contributed by atoms with Crippen molar-refractivity contribution in [3.05, 3.63) is 66.7 Å². The number of ether oxygens (including phenoxy) is 2. The molecule has 0 unspecified atom stereocenters. The molecule has 1 amide bonds. The molecule has 0 aliphatic heterocycles. The maximum atomic E-state index is 11.7. The lowest BCUT2D eigenvalue weighted by atomic mass is 10.3. The van der Waals surface area contributed by atoms with Crippen LogP contribution in [-0.2, 0) is 14.3 Å². The molecule has 2 aromatic carbocycles.